The van der Waals surface area contributed by atoms with Crippen molar-refractivity contribution < 1.29 is 24.5 Å². The molecule has 0 unspecified atom stereocenters. The summed E-state index contributed by atoms with van der Waals surface area (Å²) in [4.78, 5) is 43.9. The number of aromatic amines is 1. The molecule has 6 rings (SSSR count). The number of nitrogens with zero attached hydrogens (tertiary/aromatic N) is 2. The molecule has 0 bridgehead atoms. The lowest BCUT2D eigenvalue weighted by Crippen LogP contribution is -2.43. The molecule has 0 spiro atoms. The van der Waals surface area contributed by atoms with Gasteiger partial charge in [-0.25, -0.2) is 9.59 Å². The fraction of sp³-hybridized carbons (Fsp3) is 0.293. The summed E-state index contributed by atoms with van der Waals surface area (Å²) in [5.74, 6) is -0.0440. The number of urea groups is 1. The Labute approximate surface area is 308 Å². The van der Waals surface area contributed by atoms with Gasteiger partial charge in [-0.05, 0) is 72.8 Å². The lowest BCUT2D eigenvalue weighted by molar-refractivity contribution is 0.0574. The van der Waals surface area contributed by atoms with Crippen LogP contribution in [0.2, 0.25) is 0 Å². The van der Waals surface area contributed by atoms with Crippen LogP contribution in [0.4, 0.5) is 21.0 Å². The Balaban J connectivity index is 0.868. The summed E-state index contributed by atoms with van der Waals surface area (Å²) in [7, 11) is 1.78. The third-order valence-electron chi connectivity index (χ3n) is 9.55. The van der Waals surface area contributed by atoms with Gasteiger partial charge in [-0.15, -0.1) is 0 Å². The van der Waals surface area contributed by atoms with Gasteiger partial charge in [-0.2, -0.15) is 0 Å². The van der Waals surface area contributed by atoms with Crippen LogP contribution < -0.4 is 21.5 Å². The Bertz CT molecular complexity index is 2050. The highest BCUT2D eigenvalue weighted by molar-refractivity contribution is 5.92. The number of ether oxygens (including phenoxy) is 1. The van der Waals surface area contributed by atoms with Crippen LogP contribution in [0.3, 0.4) is 0 Å². The molecule has 1 aliphatic heterocycles. The van der Waals surface area contributed by atoms with Crippen molar-refractivity contribution in [3.05, 3.63) is 125 Å². The van der Waals surface area contributed by atoms with Gasteiger partial charge < -0.3 is 40.4 Å². The molecule has 12 nitrogen and oxygen atoms in total. The van der Waals surface area contributed by atoms with Crippen molar-refractivity contribution in [3.8, 4) is 16.9 Å². The van der Waals surface area contributed by atoms with Crippen molar-refractivity contribution in [1.82, 2.24) is 20.1 Å². The fourth-order valence-corrected chi connectivity index (χ4v) is 6.50. The van der Waals surface area contributed by atoms with E-state index in [0.29, 0.717) is 47.5 Å². The van der Waals surface area contributed by atoms with Crippen LogP contribution in [0.1, 0.15) is 30.1 Å². The van der Waals surface area contributed by atoms with E-state index in [1.54, 1.807) is 24.1 Å². The summed E-state index contributed by atoms with van der Waals surface area (Å²) in [6.07, 6.45) is 0.730. The summed E-state index contributed by atoms with van der Waals surface area (Å²) in [6.45, 7) is 3.75. The number of aliphatic hydroxyl groups is 1. The van der Waals surface area contributed by atoms with Gasteiger partial charge in [-0.1, -0.05) is 66.7 Å². The van der Waals surface area contributed by atoms with E-state index in [4.69, 9.17) is 4.74 Å². The molecule has 0 radical (unpaired) electrons. The zero-order valence-corrected chi connectivity index (χ0v) is 29.8. The molecule has 276 valence electrons. The van der Waals surface area contributed by atoms with Gasteiger partial charge in [0.2, 0.25) is 5.56 Å². The zero-order chi connectivity index (χ0) is 37.2. The van der Waals surface area contributed by atoms with Gasteiger partial charge in [0.1, 0.15) is 11.9 Å². The Morgan fingerprint density at radius 2 is 1.66 bits per heavy atom. The number of carbonyl (C=O) groups excluding carboxylic acids is 2. The van der Waals surface area contributed by atoms with Gasteiger partial charge in [0.15, 0.2) is 0 Å². The summed E-state index contributed by atoms with van der Waals surface area (Å²) in [5, 5.41) is 30.6. The number of para-hydroxylation sites is 1. The number of phenols is 1. The number of fused-ring (bicyclic) bond motifs is 1. The highest BCUT2D eigenvalue weighted by atomic mass is 16.6. The van der Waals surface area contributed by atoms with E-state index >= 15 is 0 Å². The number of hydrogen-bond acceptors (Lipinski definition) is 8. The number of hydrogen-bond donors (Lipinski definition) is 6. The van der Waals surface area contributed by atoms with Crippen molar-refractivity contribution in [1.29, 1.82) is 0 Å². The molecule has 1 atom stereocenters. The Hall–Kier alpha value is -5.69. The Kier molecular flexibility index (Phi) is 12.4. The van der Waals surface area contributed by atoms with Crippen molar-refractivity contribution in [3.63, 3.8) is 0 Å². The van der Waals surface area contributed by atoms with Crippen molar-refractivity contribution >= 4 is 34.4 Å². The minimum Gasteiger partial charge on any atom is -0.506 e. The topological polar surface area (TPSA) is 159 Å². The van der Waals surface area contributed by atoms with E-state index in [2.05, 4.69) is 25.8 Å². The average molecular weight is 719 g/mol. The Morgan fingerprint density at radius 1 is 0.925 bits per heavy atom. The number of likely N-dealkylation sites (N-methyl/N-ethyl adjacent to an activating group) is 1. The number of carbonyl (C=O) groups is 2. The van der Waals surface area contributed by atoms with Gasteiger partial charge in [0, 0.05) is 62.5 Å². The first-order valence-electron chi connectivity index (χ1n) is 17.9. The first kappa shape index (κ1) is 37.1. The molecular weight excluding hydrogens is 672 g/mol. The van der Waals surface area contributed by atoms with Gasteiger partial charge in [-0.3, -0.25) is 10.1 Å². The van der Waals surface area contributed by atoms with Crippen LogP contribution in [-0.2, 0) is 11.2 Å². The lowest BCUT2D eigenvalue weighted by atomic mass is 10.0. The van der Waals surface area contributed by atoms with E-state index in [0.717, 1.165) is 55.6 Å². The SMILES string of the molecule is CN(CCN1CCC(OC(=O)Nc2ccccc2-c2ccccc2)CC1)C(=O)Nc1ccc(CCNC[C@H](O)c2ccc(O)c3[nH]c(=O)ccc23)cc1. The highest BCUT2D eigenvalue weighted by Crippen LogP contribution is 2.29. The fourth-order valence-electron chi connectivity index (χ4n) is 6.50. The maximum atomic E-state index is 12.9. The minimum absolute atomic E-state index is 0.0440. The molecule has 1 fully saturated rings. The number of phenolic OH excluding ortho intramolecular Hbond substituents is 1. The molecule has 0 aliphatic carbocycles. The molecule has 1 saturated heterocycles. The molecular formula is C41H46N6O6. The lowest BCUT2D eigenvalue weighted by Gasteiger charge is -2.32. The molecule has 2 heterocycles. The van der Waals surface area contributed by atoms with Gasteiger partial charge >= 0.3 is 12.1 Å². The number of rotatable bonds is 13. The number of piperidine rings is 1. The minimum atomic E-state index is -0.826. The number of likely N-dealkylation sites (tertiary alicyclic amines) is 1. The molecule has 3 amide bonds. The molecule has 4 aromatic carbocycles. The monoisotopic (exact) mass is 718 g/mol. The standard InChI is InChI=1S/C41H46N6O6/c1-46(25-26-47-23-20-31(21-24-47)53-41(52)44-35-10-6-5-9-32(35)29-7-3-2-4-8-29)40(51)43-30-13-11-28(12-14-30)19-22-42-27-37(49)33-15-17-36(48)39-34(33)16-18-38(50)45-39/h2-18,31,37,42,48-49H,19-27H2,1H3,(H,43,51)(H,44,52)(H,45,50)/t37-/m0/s1. The molecule has 12 heteroatoms. The van der Waals surface area contributed by atoms with Crippen LogP contribution in [-0.4, -0.2) is 89.5 Å². The van der Waals surface area contributed by atoms with Crippen molar-refractivity contribution in [2.75, 3.05) is 56.9 Å². The number of anilines is 2. The number of amides is 3. The van der Waals surface area contributed by atoms with E-state index in [9.17, 15) is 24.6 Å². The van der Waals surface area contributed by atoms with Crippen LogP contribution in [0.25, 0.3) is 22.0 Å². The summed E-state index contributed by atoms with van der Waals surface area (Å²) < 4.78 is 5.76. The quantitative estimate of drug-likeness (QED) is 0.0816. The average Bonchev–Trinajstić information content (AvgIpc) is 3.17. The number of aromatic hydroxyl groups is 1. The first-order chi connectivity index (χ1) is 25.7. The van der Waals surface area contributed by atoms with Crippen LogP contribution >= 0.6 is 0 Å². The molecule has 0 saturated carbocycles. The predicted octanol–water partition coefficient (Wildman–Crippen LogP) is 5.94. The van der Waals surface area contributed by atoms with E-state index < -0.39 is 12.2 Å². The summed E-state index contributed by atoms with van der Waals surface area (Å²) >= 11 is 0. The number of H-pyrrole nitrogens is 1. The normalized spacial score (nSPS) is 14.1. The van der Waals surface area contributed by atoms with Crippen molar-refractivity contribution in [2.24, 2.45) is 0 Å². The second kappa shape index (κ2) is 17.7. The van der Waals surface area contributed by atoms with Gasteiger partial charge in [0.25, 0.3) is 0 Å². The van der Waals surface area contributed by atoms with E-state index in [1.807, 2.05) is 78.9 Å². The summed E-state index contributed by atoms with van der Waals surface area (Å²) in [6, 6.07) is 31.2. The second-order valence-electron chi connectivity index (χ2n) is 13.3. The number of aromatic nitrogens is 1. The smallest absolute Gasteiger partial charge is 0.411 e. The third-order valence-corrected chi connectivity index (χ3v) is 9.55. The predicted molar refractivity (Wildman–Crippen MR) is 207 cm³/mol. The largest absolute Gasteiger partial charge is 0.506 e. The van der Waals surface area contributed by atoms with Crippen LogP contribution in [0.5, 0.6) is 5.75 Å². The molecule has 1 aromatic heterocycles. The molecule has 1 aliphatic rings. The van der Waals surface area contributed by atoms with Gasteiger partial charge in [0.05, 0.1) is 17.3 Å². The summed E-state index contributed by atoms with van der Waals surface area (Å²) in [5.41, 5.74) is 5.05. The van der Waals surface area contributed by atoms with E-state index in [-0.39, 0.29) is 23.4 Å². The van der Waals surface area contributed by atoms with Crippen molar-refractivity contribution in [2.45, 2.75) is 31.5 Å². The van der Waals surface area contributed by atoms with E-state index in [1.165, 1.54) is 12.1 Å². The second-order valence-corrected chi connectivity index (χ2v) is 13.3. The zero-order valence-electron chi connectivity index (χ0n) is 29.8. The maximum Gasteiger partial charge on any atom is 0.411 e. The number of pyridine rings is 1. The Morgan fingerprint density at radius 3 is 2.43 bits per heavy atom. The third kappa shape index (κ3) is 10.0. The van der Waals surface area contributed by atoms with Crippen LogP contribution in [0.15, 0.2) is 108 Å². The molecule has 5 aromatic rings. The number of aliphatic hydroxyl groups excluding tert-OH is 1. The molecule has 53 heavy (non-hydrogen) atoms. The highest BCUT2D eigenvalue weighted by Gasteiger charge is 2.23. The number of benzene rings is 4. The van der Waals surface area contributed by atoms with Crippen LogP contribution in [0, 0.1) is 0 Å². The first-order valence-corrected chi connectivity index (χ1v) is 17.9. The molecule has 6 N–H and O–H groups in total. The number of nitrogens with one attached hydrogen (secondary N) is 4. The maximum absolute atomic E-state index is 12.9.